The first-order valence-electron chi connectivity index (χ1n) is 12.1. The highest BCUT2D eigenvalue weighted by Gasteiger charge is 2.29. The number of nitrogens with one attached hydrogen (secondary N) is 1. The van der Waals surface area contributed by atoms with Crippen LogP contribution in [0.1, 0.15) is 59.3 Å². The predicted molar refractivity (Wildman–Crippen MR) is 134 cm³/mol. The van der Waals surface area contributed by atoms with E-state index in [1.807, 2.05) is 20.8 Å². The van der Waals surface area contributed by atoms with E-state index in [0.29, 0.717) is 31.9 Å². The van der Waals surface area contributed by atoms with Crippen LogP contribution in [0.4, 0.5) is 5.69 Å². The Kier molecular flexibility index (Phi) is 7.60. The summed E-state index contributed by atoms with van der Waals surface area (Å²) in [7, 11) is -3.70. The molecule has 184 valence electrons. The van der Waals surface area contributed by atoms with Gasteiger partial charge in [0.2, 0.25) is 10.0 Å². The van der Waals surface area contributed by atoms with Gasteiger partial charge in [-0.25, -0.2) is 8.42 Å². The van der Waals surface area contributed by atoms with Gasteiger partial charge in [-0.1, -0.05) is 23.8 Å². The molecule has 4 rings (SSSR count). The highest BCUT2D eigenvalue weighted by Crippen LogP contribution is 2.29. The number of amides is 1. The largest absolute Gasteiger partial charge is 0.379 e. The van der Waals surface area contributed by atoms with Crippen molar-refractivity contribution >= 4 is 21.6 Å². The van der Waals surface area contributed by atoms with E-state index in [2.05, 4.69) is 28.4 Å². The summed E-state index contributed by atoms with van der Waals surface area (Å²) in [6, 6.07) is 11.0. The van der Waals surface area contributed by atoms with Crippen LogP contribution in [0.3, 0.4) is 0 Å². The monoisotopic (exact) mass is 485 g/mol. The maximum Gasteiger partial charge on any atom is 0.253 e. The van der Waals surface area contributed by atoms with Gasteiger partial charge in [0.25, 0.3) is 5.91 Å². The van der Waals surface area contributed by atoms with Crippen LogP contribution in [0.2, 0.25) is 0 Å². The molecular formula is C26H35N3O4S. The van der Waals surface area contributed by atoms with Crippen LogP contribution < -0.4 is 10.2 Å². The Labute approximate surface area is 203 Å². The number of benzene rings is 2. The zero-order valence-corrected chi connectivity index (χ0v) is 21.2. The Balaban J connectivity index is 1.68. The second kappa shape index (κ2) is 10.5. The molecular weight excluding hydrogens is 450 g/mol. The van der Waals surface area contributed by atoms with E-state index in [1.165, 1.54) is 10.7 Å². The lowest BCUT2D eigenvalue weighted by Gasteiger charge is -2.31. The number of sulfonamides is 1. The van der Waals surface area contributed by atoms with Gasteiger partial charge in [-0.05, 0) is 69.4 Å². The Hall–Kier alpha value is -2.42. The number of aryl methyl sites for hydroxylation is 2. The fourth-order valence-electron chi connectivity index (χ4n) is 4.78. The summed E-state index contributed by atoms with van der Waals surface area (Å²) >= 11 is 0. The molecule has 1 amide bonds. The highest BCUT2D eigenvalue weighted by molar-refractivity contribution is 7.89. The molecule has 0 aliphatic carbocycles. The van der Waals surface area contributed by atoms with E-state index in [9.17, 15) is 13.2 Å². The van der Waals surface area contributed by atoms with E-state index < -0.39 is 10.0 Å². The van der Waals surface area contributed by atoms with E-state index in [0.717, 1.165) is 48.3 Å². The molecule has 1 atom stereocenters. The number of piperidine rings is 1. The summed E-state index contributed by atoms with van der Waals surface area (Å²) in [5.74, 6) is -0.256. The minimum absolute atomic E-state index is 0.152. The summed E-state index contributed by atoms with van der Waals surface area (Å²) in [5.41, 5.74) is 4.51. The van der Waals surface area contributed by atoms with Crippen molar-refractivity contribution in [1.82, 2.24) is 9.62 Å². The third-order valence-corrected chi connectivity index (χ3v) is 8.66. The third-order valence-electron chi connectivity index (χ3n) is 6.77. The quantitative estimate of drug-likeness (QED) is 0.673. The molecule has 0 saturated carbocycles. The summed E-state index contributed by atoms with van der Waals surface area (Å²) in [6.07, 6.45) is 3.30. The van der Waals surface area contributed by atoms with Crippen molar-refractivity contribution in [3.05, 3.63) is 58.7 Å². The predicted octanol–water partition coefficient (Wildman–Crippen LogP) is 3.81. The summed E-state index contributed by atoms with van der Waals surface area (Å²) in [4.78, 5) is 15.9. The van der Waals surface area contributed by atoms with Crippen molar-refractivity contribution in [3.8, 4) is 0 Å². The lowest BCUT2D eigenvalue weighted by molar-refractivity contribution is 0.0730. The maximum absolute atomic E-state index is 13.6. The standard InChI is InChI=1S/C26H35N3O4S/c1-19-7-8-20(2)23(17-19)21(3)27-26(30)24-18-22(34(31,32)29-13-15-33-16-14-29)9-10-25(24)28-11-5-4-6-12-28/h7-10,17-18,21H,4-6,11-16H2,1-3H3,(H,27,30). The Morgan fingerprint density at radius 1 is 0.971 bits per heavy atom. The molecule has 2 aliphatic heterocycles. The zero-order valence-electron chi connectivity index (χ0n) is 20.3. The van der Waals surface area contributed by atoms with Crippen LogP contribution >= 0.6 is 0 Å². The third kappa shape index (κ3) is 5.29. The summed E-state index contributed by atoms with van der Waals surface area (Å²) < 4.78 is 33.4. The van der Waals surface area contributed by atoms with E-state index >= 15 is 0 Å². The first-order chi connectivity index (χ1) is 16.3. The molecule has 2 heterocycles. The molecule has 34 heavy (non-hydrogen) atoms. The normalized spacial score (nSPS) is 18.5. The second-order valence-electron chi connectivity index (χ2n) is 9.30. The molecule has 1 unspecified atom stereocenters. The lowest BCUT2D eigenvalue weighted by atomic mass is 9.99. The number of hydrogen-bond acceptors (Lipinski definition) is 5. The van der Waals surface area contributed by atoms with Gasteiger partial charge >= 0.3 is 0 Å². The molecule has 0 spiro atoms. The Morgan fingerprint density at radius 3 is 2.38 bits per heavy atom. The average molecular weight is 486 g/mol. The molecule has 8 heteroatoms. The van der Waals surface area contributed by atoms with Crippen LogP contribution in [0.5, 0.6) is 0 Å². The van der Waals surface area contributed by atoms with Crippen LogP contribution in [0, 0.1) is 13.8 Å². The van der Waals surface area contributed by atoms with Gasteiger partial charge in [-0.2, -0.15) is 4.31 Å². The summed E-state index contributed by atoms with van der Waals surface area (Å²) in [6.45, 7) is 9.16. The fourth-order valence-corrected chi connectivity index (χ4v) is 6.22. The van der Waals surface area contributed by atoms with Gasteiger partial charge in [0.05, 0.1) is 29.7 Å². The fraction of sp³-hybridized carbons (Fsp3) is 0.500. The minimum Gasteiger partial charge on any atom is -0.379 e. The van der Waals surface area contributed by atoms with Gasteiger partial charge in [-0.15, -0.1) is 0 Å². The number of carbonyl (C=O) groups excluding carboxylic acids is 1. The van der Waals surface area contributed by atoms with Gasteiger partial charge in [0.1, 0.15) is 0 Å². The van der Waals surface area contributed by atoms with E-state index in [-0.39, 0.29) is 16.8 Å². The molecule has 2 aromatic rings. The van der Waals surface area contributed by atoms with Gasteiger partial charge < -0.3 is 15.0 Å². The van der Waals surface area contributed by atoms with E-state index in [1.54, 1.807) is 18.2 Å². The van der Waals surface area contributed by atoms with Crippen LogP contribution in [-0.4, -0.2) is 58.0 Å². The van der Waals surface area contributed by atoms with Crippen molar-refractivity contribution in [2.24, 2.45) is 0 Å². The molecule has 0 aromatic heterocycles. The molecule has 2 fully saturated rings. The zero-order chi connectivity index (χ0) is 24.3. The van der Waals surface area contributed by atoms with Gasteiger partial charge in [0, 0.05) is 31.9 Å². The smallest absolute Gasteiger partial charge is 0.253 e. The van der Waals surface area contributed by atoms with E-state index in [4.69, 9.17) is 4.74 Å². The number of nitrogens with zero attached hydrogens (tertiary/aromatic N) is 2. The number of carbonyl (C=O) groups is 1. The number of morpholine rings is 1. The van der Waals surface area contributed by atoms with Crippen molar-refractivity contribution < 1.29 is 17.9 Å². The number of ether oxygens (including phenoxy) is 1. The maximum atomic E-state index is 13.6. The topological polar surface area (TPSA) is 79.0 Å². The van der Waals surface area contributed by atoms with Crippen LogP contribution in [0.25, 0.3) is 0 Å². The molecule has 0 radical (unpaired) electrons. The Bertz CT molecular complexity index is 1140. The van der Waals surface area contributed by atoms with Crippen molar-refractivity contribution in [1.29, 1.82) is 0 Å². The summed E-state index contributed by atoms with van der Waals surface area (Å²) in [5, 5.41) is 3.12. The van der Waals surface area contributed by atoms with Crippen molar-refractivity contribution in [2.45, 2.75) is 51.0 Å². The molecule has 1 N–H and O–H groups in total. The number of anilines is 1. The number of hydrogen-bond donors (Lipinski definition) is 1. The van der Waals surface area contributed by atoms with Crippen LogP contribution in [0.15, 0.2) is 41.3 Å². The first-order valence-corrected chi connectivity index (χ1v) is 13.6. The highest BCUT2D eigenvalue weighted by atomic mass is 32.2. The SMILES string of the molecule is Cc1ccc(C)c(C(C)NC(=O)c2cc(S(=O)(=O)N3CCOCC3)ccc2N2CCCCC2)c1. The van der Waals surface area contributed by atoms with Crippen LogP contribution in [-0.2, 0) is 14.8 Å². The average Bonchev–Trinajstić information content (AvgIpc) is 2.86. The molecule has 2 aliphatic rings. The second-order valence-corrected chi connectivity index (χ2v) is 11.2. The van der Waals surface area contributed by atoms with Gasteiger partial charge in [0.15, 0.2) is 0 Å². The van der Waals surface area contributed by atoms with Crippen molar-refractivity contribution in [3.63, 3.8) is 0 Å². The molecule has 0 bridgehead atoms. The molecule has 7 nitrogen and oxygen atoms in total. The molecule has 2 aromatic carbocycles. The Morgan fingerprint density at radius 2 is 1.68 bits per heavy atom. The van der Waals surface area contributed by atoms with Gasteiger partial charge in [-0.3, -0.25) is 4.79 Å². The minimum atomic E-state index is -3.70. The first kappa shape index (κ1) is 24.7. The lowest BCUT2D eigenvalue weighted by Crippen LogP contribution is -2.40. The number of rotatable bonds is 6. The van der Waals surface area contributed by atoms with Crippen molar-refractivity contribution in [2.75, 3.05) is 44.3 Å². The molecule has 2 saturated heterocycles.